The van der Waals surface area contributed by atoms with E-state index in [0.717, 1.165) is 23.3 Å². The average molecular weight is 368 g/mol. The van der Waals surface area contributed by atoms with Crippen molar-refractivity contribution >= 4 is 23.2 Å². The lowest BCUT2D eigenvalue weighted by molar-refractivity contribution is -0.121. The van der Waals surface area contributed by atoms with Gasteiger partial charge in [0.2, 0.25) is 0 Å². The van der Waals surface area contributed by atoms with E-state index in [4.69, 9.17) is 9.47 Å². The molecule has 1 N–H and O–H groups in total. The molecule has 0 atom stereocenters. The molecular formula is C21H24N2O4. The zero-order chi connectivity index (χ0) is 19.4. The van der Waals surface area contributed by atoms with Crippen LogP contribution in [0.5, 0.6) is 11.5 Å². The number of para-hydroxylation sites is 1. The van der Waals surface area contributed by atoms with Crippen LogP contribution in [0.3, 0.4) is 0 Å². The highest BCUT2D eigenvalue weighted by molar-refractivity contribution is 5.99. The van der Waals surface area contributed by atoms with E-state index in [1.165, 1.54) is 0 Å². The van der Waals surface area contributed by atoms with Crippen molar-refractivity contribution < 1.29 is 19.1 Å². The molecule has 0 aliphatic carbocycles. The maximum absolute atomic E-state index is 12.3. The summed E-state index contributed by atoms with van der Waals surface area (Å²) in [5.41, 5.74) is 3.26. The summed E-state index contributed by atoms with van der Waals surface area (Å²) in [5, 5.41) is 2.82. The fourth-order valence-corrected chi connectivity index (χ4v) is 3.11. The van der Waals surface area contributed by atoms with E-state index in [0.29, 0.717) is 23.7 Å². The highest BCUT2D eigenvalue weighted by atomic mass is 16.5. The molecule has 2 amide bonds. The normalized spacial score (nSPS) is 13.0. The highest BCUT2D eigenvalue weighted by Gasteiger charge is 2.25. The standard InChI is InChI=1S/C21H24N2O4/c1-4-10-23-17-11-16(8-9-18(17)26-13-20(23)25)22-19(24)12-27-21-14(2)6-5-7-15(21)3/h5-9,11H,4,10,12-13H2,1-3H3,(H,22,24). The maximum atomic E-state index is 12.3. The summed E-state index contributed by atoms with van der Waals surface area (Å²) in [5.74, 6) is 1.04. The number of carbonyl (C=O) groups is 2. The zero-order valence-corrected chi connectivity index (χ0v) is 15.9. The van der Waals surface area contributed by atoms with Gasteiger partial charge in [0.15, 0.2) is 13.2 Å². The van der Waals surface area contributed by atoms with Gasteiger partial charge in [-0.15, -0.1) is 0 Å². The first kappa shape index (κ1) is 18.8. The largest absolute Gasteiger partial charge is 0.483 e. The van der Waals surface area contributed by atoms with Crippen LogP contribution in [0.1, 0.15) is 24.5 Å². The van der Waals surface area contributed by atoms with Gasteiger partial charge in [-0.25, -0.2) is 0 Å². The number of nitrogens with one attached hydrogen (secondary N) is 1. The predicted octanol–water partition coefficient (Wildman–Crippen LogP) is 3.46. The molecule has 0 radical (unpaired) electrons. The number of ether oxygens (including phenoxy) is 2. The molecule has 0 saturated heterocycles. The lowest BCUT2D eigenvalue weighted by Crippen LogP contribution is -2.39. The SMILES string of the molecule is CCCN1C(=O)COc2ccc(NC(=O)COc3c(C)cccc3C)cc21. The lowest BCUT2D eigenvalue weighted by atomic mass is 10.1. The van der Waals surface area contributed by atoms with E-state index in [2.05, 4.69) is 5.32 Å². The lowest BCUT2D eigenvalue weighted by Gasteiger charge is -2.29. The van der Waals surface area contributed by atoms with Crippen LogP contribution in [0.25, 0.3) is 0 Å². The van der Waals surface area contributed by atoms with Crippen LogP contribution in [-0.4, -0.2) is 31.6 Å². The molecule has 142 valence electrons. The minimum absolute atomic E-state index is 0.0440. The number of nitrogens with zero attached hydrogens (tertiary/aromatic N) is 1. The third-order valence-corrected chi connectivity index (χ3v) is 4.39. The molecule has 0 aromatic heterocycles. The number of anilines is 2. The van der Waals surface area contributed by atoms with Gasteiger partial charge in [0, 0.05) is 12.2 Å². The second kappa shape index (κ2) is 8.12. The van der Waals surface area contributed by atoms with Gasteiger partial charge < -0.3 is 19.7 Å². The second-order valence-electron chi connectivity index (χ2n) is 6.57. The Labute approximate surface area is 159 Å². The van der Waals surface area contributed by atoms with E-state index in [-0.39, 0.29) is 25.0 Å². The van der Waals surface area contributed by atoms with Gasteiger partial charge in [-0.1, -0.05) is 25.1 Å². The summed E-state index contributed by atoms with van der Waals surface area (Å²) in [6.45, 7) is 6.48. The Morgan fingerprint density at radius 3 is 2.67 bits per heavy atom. The minimum atomic E-state index is -0.261. The van der Waals surface area contributed by atoms with Crippen LogP contribution in [0.2, 0.25) is 0 Å². The smallest absolute Gasteiger partial charge is 0.265 e. The van der Waals surface area contributed by atoms with Gasteiger partial charge >= 0.3 is 0 Å². The Bertz CT molecular complexity index is 843. The van der Waals surface area contributed by atoms with Gasteiger partial charge in [0.05, 0.1) is 5.69 Å². The topological polar surface area (TPSA) is 67.9 Å². The third-order valence-electron chi connectivity index (χ3n) is 4.39. The average Bonchev–Trinajstić information content (AvgIpc) is 2.64. The quantitative estimate of drug-likeness (QED) is 0.848. The number of aryl methyl sites for hydroxylation is 2. The molecule has 0 saturated carbocycles. The van der Waals surface area contributed by atoms with E-state index < -0.39 is 0 Å². The first-order valence-electron chi connectivity index (χ1n) is 9.05. The molecular weight excluding hydrogens is 344 g/mol. The summed E-state index contributed by atoms with van der Waals surface area (Å²) in [6, 6.07) is 11.1. The summed E-state index contributed by atoms with van der Waals surface area (Å²) in [7, 11) is 0. The molecule has 6 heteroatoms. The molecule has 2 aromatic carbocycles. The van der Waals surface area contributed by atoms with Crippen LogP contribution in [0.15, 0.2) is 36.4 Å². The molecule has 6 nitrogen and oxygen atoms in total. The summed E-state index contributed by atoms with van der Waals surface area (Å²) in [4.78, 5) is 26.1. The Morgan fingerprint density at radius 1 is 1.22 bits per heavy atom. The van der Waals surface area contributed by atoms with Crippen molar-refractivity contribution in [3.8, 4) is 11.5 Å². The van der Waals surface area contributed by atoms with Crippen molar-refractivity contribution in [1.82, 2.24) is 0 Å². The molecule has 0 unspecified atom stereocenters. The molecule has 1 aliphatic rings. The first-order chi connectivity index (χ1) is 13.0. The summed E-state index contributed by atoms with van der Waals surface area (Å²) < 4.78 is 11.2. The van der Waals surface area contributed by atoms with Gasteiger partial charge in [0.25, 0.3) is 11.8 Å². The van der Waals surface area contributed by atoms with Crippen LogP contribution >= 0.6 is 0 Å². The Hall–Kier alpha value is -3.02. The highest BCUT2D eigenvalue weighted by Crippen LogP contribution is 2.34. The maximum Gasteiger partial charge on any atom is 0.265 e. The van der Waals surface area contributed by atoms with Gasteiger partial charge in [0.1, 0.15) is 11.5 Å². The number of hydrogen-bond donors (Lipinski definition) is 1. The fourth-order valence-electron chi connectivity index (χ4n) is 3.11. The summed E-state index contributed by atoms with van der Waals surface area (Å²) in [6.07, 6.45) is 0.839. The van der Waals surface area contributed by atoms with Gasteiger partial charge in [-0.3, -0.25) is 9.59 Å². The van der Waals surface area contributed by atoms with Crippen molar-refractivity contribution in [3.63, 3.8) is 0 Å². The van der Waals surface area contributed by atoms with Crippen molar-refractivity contribution in [3.05, 3.63) is 47.5 Å². The second-order valence-corrected chi connectivity index (χ2v) is 6.57. The van der Waals surface area contributed by atoms with Crippen LogP contribution in [0, 0.1) is 13.8 Å². The third kappa shape index (κ3) is 4.22. The molecule has 0 fully saturated rings. The molecule has 1 heterocycles. The fraction of sp³-hybridized carbons (Fsp3) is 0.333. The number of fused-ring (bicyclic) bond motifs is 1. The Morgan fingerprint density at radius 2 is 1.96 bits per heavy atom. The molecule has 2 aromatic rings. The van der Waals surface area contributed by atoms with Gasteiger partial charge in [-0.2, -0.15) is 0 Å². The van der Waals surface area contributed by atoms with Gasteiger partial charge in [-0.05, 0) is 49.6 Å². The number of benzene rings is 2. The molecule has 0 bridgehead atoms. The number of hydrogen-bond acceptors (Lipinski definition) is 4. The number of rotatable bonds is 6. The Balaban J connectivity index is 1.69. The van der Waals surface area contributed by atoms with Crippen molar-refractivity contribution in [1.29, 1.82) is 0 Å². The zero-order valence-electron chi connectivity index (χ0n) is 15.9. The van der Waals surface area contributed by atoms with E-state index in [1.54, 1.807) is 23.1 Å². The Kier molecular flexibility index (Phi) is 5.64. The molecule has 27 heavy (non-hydrogen) atoms. The van der Waals surface area contributed by atoms with E-state index in [9.17, 15) is 9.59 Å². The summed E-state index contributed by atoms with van der Waals surface area (Å²) >= 11 is 0. The minimum Gasteiger partial charge on any atom is -0.483 e. The number of amides is 2. The number of carbonyl (C=O) groups excluding carboxylic acids is 2. The van der Waals surface area contributed by atoms with E-state index >= 15 is 0 Å². The van der Waals surface area contributed by atoms with Crippen molar-refractivity contribution in [2.75, 3.05) is 30.0 Å². The van der Waals surface area contributed by atoms with Crippen molar-refractivity contribution in [2.24, 2.45) is 0 Å². The molecule has 0 spiro atoms. The predicted molar refractivity (Wildman–Crippen MR) is 105 cm³/mol. The molecule has 3 rings (SSSR count). The first-order valence-corrected chi connectivity index (χ1v) is 9.05. The van der Waals surface area contributed by atoms with E-state index in [1.807, 2.05) is 39.0 Å². The van der Waals surface area contributed by atoms with Crippen LogP contribution in [0.4, 0.5) is 11.4 Å². The van der Waals surface area contributed by atoms with Crippen molar-refractivity contribution in [2.45, 2.75) is 27.2 Å². The molecule has 1 aliphatic heterocycles. The van der Waals surface area contributed by atoms with Crippen LogP contribution in [-0.2, 0) is 9.59 Å². The monoisotopic (exact) mass is 368 g/mol. The van der Waals surface area contributed by atoms with Crippen LogP contribution < -0.4 is 19.7 Å².